The average molecular weight is 971 g/mol. The Morgan fingerprint density at radius 1 is 0.721 bits per heavy atom. The fourth-order valence-corrected chi connectivity index (χ4v) is 14.5. The van der Waals surface area contributed by atoms with Crippen LogP contribution in [0.15, 0.2) is 11.6 Å². The van der Waals surface area contributed by atoms with E-state index in [1.54, 1.807) is 26.8 Å². The van der Waals surface area contributed by atoms with Crippen molar-refractivity contribution in [3.8, 4) is 0 Å². The van der Waals surface area contributed by atoms with Crippen LogP contribution in [0.4, 0.5) is 0 Å². The van der Waals surface area contributed by atoms with Crippen LogP contribution in [0.5, 0.6) is 0 Å². The number of esters is 1. The zero-order chi connectivity index (χ0) is 48.7. The molecule has 0 spiro atoms. The molecule has 386 valence electrons. The van der Waals surface area contributed by atoms with Gasteiger partial charge in [0.2, 0.25) is 0 Å². The Kier molecular flexibility index (Phi) is 14.7. The molecule has 20 nitrogen and oxygen atoms in total. The Morgan fingerprint density at radius 2 is 1.34 bits per heavy atom. The Labute approximate surface area is 396 Å². The molecule has 4 saturated heterocycles. The summed E-state index contributed by atoms with van der Waals surface area (Å²) in [6.07, 6.45) is -10.2. The van der Waals surface area contributed by atoms with Crippen molar-refractivity contribution in [1.29, 1.82) is 0 Å². The van der Waals surface area contributed by atoms with Gasteiger partial charge in [0.15, 0.2) is 25.2 Å². The van der Waals surface area contributed by atoms with E-state index in [1.807, 2.05) is 0 Å². The molecule has 8 N–H and O–H groups in total. The minimum absolute atomic E-state index is 0.00989. The van der Waals surface area contributed by atoms with E-state index in [2.05, 4.69) is 6.92 Å². The number of aliphatic hydroxyl groups excluding tert-OH is 6. The number of fused-ring (bicyclic) bond motifs is 5. The summed E-state index contributed by atoms with van der Waals surface area (Å²) < 4.78 is 60.0. The van der Waals surface area contributed by atoms with Crippen LogP contribution in [-0.4, -0.2) is 195 Å². The topological polar surface area (TPSA) is 288 Å². The molecule has 0 aromatic heterocycles. The Morgan fingerprint density at radius 3 is 1.93 bits per heavy atom. The molecule has 0 amide bonds. The molecule has 9 rings (SSSR count). The molecule has 5 aliphatic heterocycles. The quantitative estimate of drug-likeness (QED) is 0.0727. The molecule has 68 heavy (non-hydrogen) atoms. The van der Waals surface area contributed by atoms with Crippen molar-refractivity contribution in [2.45, 2.75) is 227 Å². The molecule has 0 radical (unpaired) electrons. The van der Waals surface area contributed by atoms with Gasteiger partial charge in [-0.15, -0.1) is 0 Å². The van der Waals surface area contributed by atoms with Crippen LogP contribution in [0.1, 0.15) is 105 Å². The summed E-state index contributed by atoms with van der Waals surface area (Å²) in [6.45, 7) is 6.96. The molecule has 8 fully saturated rings. The predicted octanol–water partition coefficient (Wildman–Crippen LogP) is 0.0195. The highest BCUT2D eigenvalue weighted by atomic mass is 16.8. The molecule has 9 aliphatic rings. The zero-order valence-electron chi connectivity index (χ0n) is 39.7. The van der Waals surface area contributed by atoms with Crippen molar-refractivity contribution in [2.24, 2.45) is 28.6 Å². The number of hydrogen-bond acceptors (Lipinski definition) is 20. The van der Waals surface area contributed by atoms with Gasteiger partial charge in [-0.05, 0) is 95.5 Å². The fraction of sp³-hybridized carbons (Fsp3) is 0.917. The summed E-state index contributed by atoms with van der Waals surface area (Å²) >= 11 is 0. The maximum absolute atomic E-state index is 13.3. The van der Waals surface area contributed by atoms with E-state index < -0.39 is 139 Å². The largest absolute Gasteiger partial charge is 0.458 e. The number of rotatable bonds is 12. The van der Waals surface area contributed by atoms with Gasteiger partial charge < -0.3 is 93.0 Å². The van der Waals surface area contributed by atoms with Crippen molar-refractivity contribution in [3.05, 3.63) is 11.6 Å². The first-order valence-electron chi connectivity index (χ1n) is 24.8. The first-order valence-corrected chi connectivity index (χ1v) is 24.8. The van der Waals surface area contributed by atoms with Crippen LogP contribution in [0.3, 0.4) is 0 Å². The molecule has 0 aromatic rings. The third kappa shape index (κ3) is 8.75. The highest BCUT2D eigenvalue weighted by Gasteiger charge is 2.72. The third-order valence-electron chi connectivity index (χ3n) is 18.1. The summed E-state index contributed by atoms with van der Waals surface area (Å²) in [5, 5.41) is 88.4. The first-order chi connectivity index (χ1) is 32.3. The Hall–Kier alpha value is -1.80. The number of aldehydes is 1. The summed E-state index contributed by atoms with van der Waals surface area (Å²) in [4.78, 5) is 25.3. The lowest BCUT2D eigenvalue weighted by atomic mass is 9.41. The van der Waals surface area contributed by atoms with Crippen LogP contribution in [0, 0.1) is 28.6 Å². The average Bonchev–Trinajstić information content (AvgIpc) is 3.85. The van der Waals surface area contributed by atoms with E-state index in [0.717, 1.165) is 18.3 Å². The molecular formula is C48H74O20. The minimum atomic E-state index is -1.62. The fourth-order valence-electron chi connectivity index (χ4n) is 14.5. The number of methoxy groups -OCH3 is 1. The van der Waals surface area contributed by atoms with E-state index >= 15 is 0 Å². The number of carbonyl (C=O) groups excluding carboxylic acids is 2. The van der Waals surface area contributed by atoms with Crippen molar-refractivity contribution in [1.82, 2.24) is 0 Å². The molecule has 4 saturated carbocycles. The first kappa shape index (κ1) is 51.1. The van der Waals surface area contributed by atoms with E-state index in [1.165, 1.54) is 7.11 Å². The molecule has 4 aliphatic carbocycles. The number of ether oxygens (including phenoxy) is 10. The molecular weight excluding hydrogens is 897 g/mol. The van der Waals surface area contributed by atoms with Gasteiger partial charge in [0, 0.05) is 44.3 Å². The van der Waals surface area contributed by atoms with Gasteiger partial charge in [-0.3, -0.25) is 0 Å². The lowest BCUT2D eigenvalue weighted by Gasteiger charge is -2.65. The van der Waals surface area contributed by atoms with Crippen LogP contribution in [0.25, 0.3) is 0 Å². The summed E-state index contributed by atoms with van der Waals surface area (Å²) in [5.41, 5.74) is -2.98. The van der Waals surface area contributed by atoms with Crippen molar-refractivity contribution >= 4 is 12.3 Å². The standard InChI is InChI=1S/C48H74O20/c1-22-41(66-36-16-31(52)42(23(2)62-36)67-37-17-32(59-5)43(24(3)63-37)68-44-40(56)39(55)38(54)33(19-49)65-44)30(51)15-35(61-22)64-26-6-11-46(21-50)28-7-10-45(4)27(25-14-34(53)60-20-25)9-13-48(45,58)29(28)8-12-47(46,57)18-26/h14,21-24,26-33,35-44,49,51-52,54-58H,6-13,15-20H2,1-5H3/t22-,23-,24-,26+,27-,28+,29-,30+,31+,32-,33-,35+,36+,37+,38-,39+,40-,41-,42-,43+,44+,45-,46+,47+,48+/m1/s1. The van der Waals surface area contributed by atoms with E-state index in [0.29, 0.717) is 44.9 Å². The molecule has 0 unspecified atom stereocenters. The highest BCUT2D eigenvalue weighted by Crippen LogP contribution is 2.70. The number of hydrogen-bond donors (Lipinski definition) is 8. The minimum Gasteiger partial charge on any atom is -0.458 e. The second-order valence-electron chi connectivity index (χ2n) is 21.7. The van der Waals surface area contributed by atoms with Gasteiger partial charge >= 0.3 is 5.97 Å². The maximum Gasteiger partial charge on any atom is 0.331 e. The predicted molar refractivity (Wildman–Crippen MR) is 230 cm³/mol. The zero-order valence-corrected chi connectivity index (χ0v) is 39.7. The summed E-state index contributed by atoms with van der Waals surface area (Å²) in [5.74, 6) is -0.712. The van der Waals surface area contributed by atoms with Gasteiger partial charge in [0.25, 0.3) is 0 Å². The lowest BCUT2D eigenvalue weighted by molar-refractivity contribution is -0.356. The smallest absolute Gasteiger partial charge is 0.331 e. The second kappa shape index (κ2) is 19.6. The monoisotopic (exact) mass is 970 g/mol. The molecule has 0 aromatic carbocycles. The third-order valence-corrected chi connectivity index (χ3v) is 18.1. The van der Waals surface area contributed by atoms with Gasteiger partial charge in [-0.1, -0.05) is 6.92 Å². The Balaban J connectivity index is 0.756. The SMILES string of the molecule is CO[C@@H]1C[C@H](O[C@H]2[C@@H](O)C[C@H](O[C@H]3[C@@H](O)C[C@H](O[C@H]4CC[C@]5(C=O)[C@H]6CC[C@]7(C)[C@@H](C8=CC(=O)OC8)CC[C@]7(O)[C@@H]6CC[C@]5(O)C4)O[C@@H]3C)O[C@@H]2C)O[C@H](C)[C@@H]1O[C@@H]1O[C@H](CO)[C@@H](O)[C@H](O)[C@H]1O. The number of aliphatic hydroxyl groups is 8. The Bertz CT molecular complexity index is 1810. The molecule has 0 bridgehead atoms. The molecule has 20 heteroatoms. The normalized spacial score (nSPS) is 54.0. The number of carbonyl (C=O) groups is 2. The van der Waals surface area contributed by atoms with Crippen molar-refractivity contribution in [2.75, 3.05) is 20.3 Å². The van der Waals surface area contributed by atoms with Crippen molar-refractivity contribution < 1.29 is 97.8 Å². The number of cyclic esters (lactones) is 1. The van der Waals surface area contributed by atoms with Gasteiger partial charge in [0.1, 0.15) is 55.6 Å². The second-order valence-corrected chi connectivity index (χ2v) is 21.7. The van der Waals surface area contributed by atoms with Crippen LogP contribution in [0.2, 0.25) is 0 Å². The van der Waals surface area contributed by atoms with Gasteiger partial charge in [-0.25, -0.2) is 4.79 Å². The van der Waals surface area contributed by atoms with E-state index in [4.69, 9.17) is 47.4 Å². The summed E-state index contributed by atoms with van der Waals surface area (Å²) in [7, 11) is 1.47. The van der Waals surface area contributed by atoms with Gasteiger partial charge in [-0.2, -0.15) is 0 Å². The maximum atomic E-state index is 13.3. The van der Waals surface area contributed by atoms with Crippen LogP contribution < -0.4 is 0 Å². The van der Waals surface area contributed by atoms with Crippen molar-refractivity contribution in [3.63, 3.8) is 0 Å². The molecule has 25 atom stereocenters. The van der Waals surface area contributed by atoms with E-state index in [-0.39, 0.29) is 56.0 Å². The lowest BCUT2D eigenvalue weighted by Crippen LogP contribution is -2.69. The van der Waals surface area contributed by atoms with Crippen LogP contribution in [-0.2, 0) is 57.0 Å². The van der Waals surface area contributed by atoms with E-state index in [9.17, 15) is 50.4 Å². The van der Waals surface area contributed by atoms with Crippen LogP contribution >= 0.6 is 0 Å². The van der Waals surface area contributed by atoms with Gasteiger partial charge in [0.05, 0.1) is 66.0 Å². The molecule has 5 heterocycles. The highest BCUT2D eigenvalue weighted by molar-refractivity contribution is 5.85. The summed E-state index contributed by atoms with van der Waals surface area (Å²) in [6, 6.07) is 0.